The van der Waals surface area contributed by atoms with Gasteiger partial charge in [0.15, 0.2) is 5.79 Å². The van der Waals surface area contributed by atoms with Crippen molar-refractivity contribution >= 4 is 5.97 Å². The smallest absolute Gasteiger partial charge is 0.309 e. The highest BCUT2D eigenvalue weighted by Gasteiger charge is 2.85. The monoisotopic (exact) mass is 865 g/mol. The minimum Gasteiger partial charge on any atom is -0.481 e. The molecular formula is C57H84O6. The molecule has 7 saturated carbocycles. The van der Waals surface area contributed by atoms with Gasteiger partial charge in [-0.1, -0.05) is 103 Å². The molecule has 1 aromatic carbocycles. The van der Waals surface area contributed by atoms with Crippen LogP contribution in [0.4, 0.5) is 0 Å². The SMILES string of the molecule is CCC[C@@H]1[C@@]23CC[C@]45C#CC[C@H](CCC6CCCCC6)CC[C@]67[C@@H](CC[C@H]8[C@@H]6[C@@](C)(CC[C@@]74C)CC[C@@]8(C)C(=O)O)C[C@@]5(C)[C@@H]2[C@@H](O)C[C@]1(O)O[C@@H]3Cc1ccc(CCOC)cc1. The number of aliphatic carboxylic acids is 1. The number of hydrogen-bond acceptors (Lipinski definition) is 5. The second kappa shape index (κ2) is 15.8. The van der Waals surface area contributed by atoms with Crippen LogP contribution in [0, 0.1) is 91.2 Å². The van der Waals surface area contributed by atoms with Crippen molar-refractivity contribution in [2.24, 2.45) is 79.3 Å². The van der Waals surface area contributed by atoms with Crippen LogP contribution in [0.1, 0.15) is 187 Å². The van der Waals surface area contributed by atoms with E-state index in [0.717, 1.165) is 95.8 Å². The zero-order valence-corrected chi connectivity index (χ0v) is 40.2. The molecule has 0 radical (unpaired) electrons. The van der Waals surface area contributed by atoms with Gasteiger partial charge >= 0.3 is 5.97 Å². The molecule has 1 saturated heterocycles. The van der Waals surface area contributed by atoms with Gasteiger partial charge in [-0.3, -0.25) is 4.79 Å². The molecule has 0 aromatic heterocycles. The van der Waals surface area contributed by atoms with Gasteiger partial charge in [0.1, 0.15) is 0 Å². The summed E-state index contributed by atoms with van der Waals surface area (Å²) < 4.78 is 12.5. The zero-order chi connectivity index (χ0) is 44.3. The zero-order valence-electron chi connectivity index (χ0n) is 40.2. The Kier molecular flexibility index (Phi) is 11.3. The van der Waals surface area contributed by atoms with Crippen molar-refractivity contribution in [2.45, 2.75) is 207 Å². The molecule has 0 unspecified atom stereocenters. The average molecular weight is 865 g/mol. The maximum atomic E-state index is 13.6. The first-order chi connectivity index (χ1) is 30.1. The number of ether oxygens (including phenoxy) is 2. The first-order valence-electron chi connectivity index (χ1n) is 26.5. The third kappa shape index (κ3) is 6.18. The molecule has 6 nitrogen and oxygen atoms in total. The fourth-order valence-electron chi connectivity index (χ4n) is 20.1. The van der Waals surface area contributed by atoms with Crippen LogP contribution in [0.15, 0.2) is 24.3 Å². The number of carboxylic acid groups (broad SMARTS) is 1. The van der Waals surface area contributed by atoms with Gasteiger partial charge in [-0.25, -0.2) is 0 Å². The Morgan fingerprint density at radius 3 is 2.29 bits per heavy atom. The Bertz CT molecular complexity index is 1950. The van der Waals surface area contributed by atoms with Crippen LogP contribution in [0.2, 0.25) is 0 Å². The molecule has 1 heterocycles. The van der Waals surface area contributed by atoms with Crippen molar-refractivity contribution in [1.82, 2.24) is 0 Å². The van der Waals surface area contributed by atoms with Crippen molar-refractivity contribution in [3.8, 4) is 11.8 Å². The van der Waals surface area contributed by atoms with Crippen molar-refractivity contribution in [3.63, 3.8) is 0 Å². The van der Waals surface area contributed by atoms with Crippen LogP contribution < -0.4 is 0 Å². The molecule has 8 aliphatic carbocycles. The Labute approximate surface area is 381 Å². The number of rotatable bonds is 11. The van der Waals surface area contributed by atoms with E-state index in [1.807, 2.05) is 0 Å². The van der Waals surface area contributed by atoms with Crippen molar-refractivity contribution in [1.29, 1.82) is 0 Å². The minimum atomic E-state index is -1.35. The third-order valence-corrected chi connectivity index (χ3v) is 22.8. The van der Waals surface area contributed by atoms with Crippen LogP contribution in [0.5, 0.6) is 0 Å². The summed E-state index contributed by atoms with van der Waals surface area (Å²) in [4.78, 5) is 13.6. The maximum Gasteiger partial charge on any atom is 0.309 e. The van der Waals surface area contributed by atoms with Crippen molar-refractivity contribution in [2.75, 3.05) is 13.7 Å². The molecule has 1 aromatic rings. The molecule has 4 bridgehead atoms. The maximum absolute atomic E-state index is 13.6. The van der Waals surface area contributed by atoms with Crippen LogP contribution in [-0.4, -0.2) is 53.0 Å². The topological polar surface area (TPSA) is 96.2 Å². The predicted molar refractivity (Wildman–Crippen MR) is 248 cm³/mol. The molecule has 0 amide bonds. The Morgan fingerprint density at radius 2 is 1.56 bits per heavy atom. The normalized spacial score (nSPS) is 49.8. The van der Waals surface area contributed by atoms with Crippen LogP contribution in [-0.2, 0) is 27.1 Å². The van der Waals surface area contributed by atoms with Crippen LogP contribution in [0.25, 0.3) is 0 Å². The van der Waals surface area contributed by atoms with E-state index in [1.165, 1.54) is 68.9 Å². The van der Waals surface area contributed by atoms with Crippen molar-refractivity contribution in [3.05, 3.63) is 35.4 Å². The van der Waals surface area contributed by atoms with Gasteiger partial charge in [0, 0.05) is 42.6 Å². The van der Waals surface area contributed by atoms with E-state index in [0.29, 0.717) is 24.4 Å². The van der Waals surface area contributed by atoms with Gasteiger partial charge < -0.3 is 24.8 Å². The Balaban J connectivity index is 1.12. The fourth-order valence-corrected chi connectivity index (χ4v) is 20.1. The van der Waals surface area contributed by atoms with E-state index in [4.69, 9.17) is 9.47 Å². The van der Waals surface area contributed by atoms with E-state index >= 15 is 0 Å². The summed E-state index contributed by atoms with van der Waals surface area (Å²) in [6, 6.07) is 9.00. The number of hydrogen-bond donors (Lipinski definition) is 3. The minimum absolute atomic E-state index is 0.00845. The Morgan fingerprint density at radius 1 is 0.825 bits per heavy atom. The van der Waals surface area contributed by atoms with Crippen molar-refractivity contribution < 1.29 is 29.6 Å². The lowest BCUT2D eigenvalue weighted by atomic mass is 9.21. The number of carbonyl (C=O) groups is 1. The number of fused-ring (bicyclic) bond motifs is 2. The predicted octanol–water partition coefficient (Wildman–Crippen LogP) is 12.0. The van der Waals surface area contributed by atoms with E-state index in [9.17, 15) is 20.1 Å². The van der Waals surface area contributed by atoms with E-state index in [-0.39, 0.29) is 62.8 Å². The lowest BCUT2D eigenvalue weighted by Crippen LogP contribution is -2.79. The van der Waals surface area contributed by atoms with Gasteiger partial charge in [-0.2, -0.15) is 0 Å². The molecule has 9 aliphatic rings. The lowest BCUT2D eigenvalue weighted by Gasteiger charge is -2.82. The highest BCUT2D eigenvalue weighted by atomic mass is 16.6. The molecule has 8 fully saturated rings. The van der Waals surface area contributed by atoms with Crippen LogP contribution in [0.3, 0.4) is 0 Å². The van der Waals surface area contributed by atoms with E-state index < -0.39 is 23.3 Å². The number of aliphatic hydroxyl groups excluding tert-OH is 1. The van der Waals surface area contributed by atoms with Gasteiger partial charge in [0.05, 0.1) is 24.2 Å². The summed E-state index contributed by atoms with van der Waals surface area (Å²) in [5.41, 5.74) is 0.746. The molecule has 16 atom stereocenters. The molecular weight excluding hydrogens is 781 g/mol. The third-order valence-electron chi connectivity index (χ3n) is 22.8. The second-order valence-corrected chi connectivity index (χ2v) is 25.0. The Hall–Kier alpha value is -1.91. The molecule has 1 aliphatic heterocycles. The second-order valence-electron chi connectivity index (χ2n) is 25.0. The average Bonchev–Trinajstić information content (AvgIpc) is 3.42. The van der Waals surface area contributed by atoms with Crippen LogP contribution >= 0.6 is 0 Å². The quantitative estimate of drug-likeness (QED) is 0.192. The highest BCUT2D eigenvalue weighted by molar-refractivity contribution is 5.75. The summed E-state index contributed by atoms with van der Waals surface area (Å²) in [5.74, 6) is 8.92. The van der Waals surface area contributed by atoms with Gasteiger partial charge in [0.25, 0.3) is 0 Å². The van der Waals surface area contributed by atoms with E-state index in [1.54, 1.807) is 7.11 Å². The summed E-state index contributed by atoms with van der Waals surface area (Å²) in [7, 11) is 1.76. The number of carboxylic acids is 1. The van der Waals surface area contributed by atoms with Gasteiger partial charge in [-0.15, -0.1) is 5.92 Å². The molecule has 6 heteroatoms. The standard InChI is InChI=1S/C57H84O6/c1-7-12-45-55-33-32-54-26-11-15-39(17-16-38-13-9-8-10-14-38)24-27-56-42(22-23-43-47(56)50(2,29-31-53(54,56)5)28-30-51(43,3)49(59)60)36-52(54,4)48(55)44(58)37-57(45,61)63-46(55)35-41-20-18-40(19-21-41)25-34-62-6/h18-21,38-39,42-48,58,61H,7-10,12-17,22-25,27-37H2,1-6H3,(H,59,60)/t39-,42+,43+,44+,45-,46-,47-,48+,50-,51-,52+,53-,54+,55-,56+,57+/m1/s1. The molecule has 10 rings (SSSR count). The number of aliphatic hydroxyl groups is 2. The highest BCUT2D eigenvalue weighted by Crippen LogP contribution is 2.88. The summed E-state index contributed by atoms with van der Waals surface area (Å²) >= 11 is 0. The lowest BCUT2D eigenvalue weighted by molar-refractivity contribution is -0.348. The first-order valence-corrected chi connectivity index (χ1v) is 26.5. The molecule has 348 valence electrons. The first kappa shape index (κ1) is 44.9. The summed E-state index contributed by atoms with van der Waals surface area (Å²) in [6.07, 6.45) is 24.9. The number of benzene rings is 1. The molecule has 63 heavy (non-hydrogen) atoms. The largest absolute Gasteiger partial charge is 0.481 e. The summed E-state index contributed by atoms with van der Waals surface area (Å²) in [6.45, 7) is 13.0. The van der Waals surface area contributed by atoms with E-state index in [2.05, 4.69) is 70.7 Å². The molecule has 3 N–H and O–H groups in total. The number of methoxy groups -OCH3 is 1. The van der Waals surface area contributed by atoms with Gasteiger partial charge in [0.2, 0.25) is 0 Å². The molecule has 3 spiro atoms. The summed E-state index contributed by atoms with van der Waals surface area (Å²) in [5, 5.41) is 37.0. The fraction of sp³-hybridized carbons (Fsp3) is 0.842. The van der Waals surface area contributed by atoms with Gasteiger partial charge in [-0.05, 0) is 166 Å².